The zero-order valence-corrected chi connectivity index (χ0v) is 19.6. The van der Waals surface area contributed by atoms with Gasteiger partial charge in [-0.3, -0.25) is 4.79 Å². The van der Waals surface area contributed by atoms with Crippen molar-refractivity contribution in [2.75, 3.05) is 7.11 Å². The SMILES string of the molecule is COc1cc(-c2nc3sc4c(c3c(=O)[nH]2)CCCC4)ccc1OC(=O)c1ccccc1Br. The molecule has 5 rings (SSSR count). The van der Waals surface area contributed by atoms with Crippen molar-refractivity contribution >= 4 is 43.5 Å². The monoisotopic (exact) mass is 510 g/mol. The van der Waals surface area contributed by atoms with Crippen LogP contribution in [0.1, 0.15) is 33.6 Å². The maximum Gasteiger partial charge on any atom is 0.344 e. The van der Waals surface area contributed by atoms with Crippen molar-refractivity contribution < 1.29 is 14.3 Å². The summed E-state index contributed by atoms with van der Waals surface area (Å²) in [6, 6.07) is 12.2. The molecule has 162 valence electrons. The summed E-state index contributed by atoms with van der Waals surface area (Å²) >= 11 is 4.97. The molecule has 1 N–H and O–H groups in total. The summed E-state index contributed by atoms with van der Waals surface area (Å²) in [7, 11) is 1.50. The number of carbonyl (C=O) groups is 1. The molecule has 1 aliphatic carbocycles. The average Bonchev–Trinajstić information content (AvgIpc) is 3.18. The lowest BCUT2D eigenvalue weighted by Gasteiger charge is -2.12. The van der Waals surface area contributed by atoms with Gasteiger partial charge in [0.05, 0.1) is 18.1 Å². The number of aromatic nitrogens is 2. The number of carbonyl (C=O) groups excluding carboxylic acids is 1. The number of aromatic amines is 1. The highest BCUT2D eigenvalue weighted by Gasteiger charge is 2.21. The Morgan fingerprint density at radius 1 is 1.12 bits per heavy atom. The zero-order chi connectivity index (χ0) is 22.2. The van der Waals surface area contributed by atoms with Gasteiger partial charge in [0.15, 0.2) is 11.5 Å². The molecule has 0 fully saturated rings. The van der Waals surface area contributed by atoms with E-state index in [0.717, 1.165) is 41.5 Å². The van der Waals surface area contributed by atoms with Gasteiger partial charge < -0.3 is 14.5 Å². The molecule has 8 heteroatoms. The molecule has 2 aromatic carbocycles. The minimum Gasteiger partial charge on any atom is -0.493 e. The van der Waals surface area contributed by atoms with Crippen molar-refractivity contribution in [3.8, 4) is 22.9 Å². The third-order valence-electron chi connectivity index (χ3n) is 5.56. The first kappa shape index (κ1) is 20.9. The minimum atomic E-state index is -0.499. The first-order chi connectivity index (χ1) is 15.5. The normalized spacial score (nSPS) is 13.1. The number of aryl methyl sites for hydroxylation is 2. The quantitative estimate of drug-likeness (QED) is 0.288. The minimum absolute atomic E-state index is 0.118. The summed E-state index contributed by atoms with van der Waals surface area (Å²) in [5, 5.41) is 0.722. The van der Waals surface area contributed by atoms with E-state index in [9.17, 15) is 9.59 Å². The Hall–Kier alpha value is -2.97. The number of nitrogens with one attached hydrogen (secondary N) is 1. The molecule has 6 nitrogen and oxygen atoms in total. The summed E-state index contributed by atoms with van der Waals surface area (Å²) in [6.45, 7) is 0. The molecule has 0 amide bonds. The molecular weight excluding hydrogens is 492 g/mol. The van der Waals surface area contributed by atoms with Crippen molar-refractivity contribution in [1.29, 1.82) is 0 Å². The topological polar surface area (TPSA) is 81.3 Å². The molecular formula is C24H19BrN2O4S. The summed E-state index contributed by atoms with van der Waals surface area (Å²) in [4.78, 5) is 35.1. The van der Waals surface area contributed by atoms with Crippen molar-refractivity contribution in [2.45, 2.75) is 25.7 Å². The van der Waals surface area contributed by atoms with E-state index < -0.39 is 5.97 Å². The van der Waals surface area contributed by atoms with E-state index in [1.807, 2.05) is 6.07 Å². The maximum absolute atomic E-state index is 12.9. The first-order valence-corrected chi connectivity index (χ1v) is 11.9. The molecule has 0 bridgehead atoms. The number of methoxy groups -OCH3 is 1. The Balaban J connectivity index is 1.50. The highest BCUT2D eigenvalue weighted by molar-refractivity contribution is 9.10. The van der Waals surface area contributed by atoms with Crippen LogP contribution in [0.2, 0.25) is 0 Å². The summed E-state index contributed by atoms with van der Waals surface area (Å²) in [5.41, 5.74) is 2.13. The first-order valence-electron chi connectivity index (χ1n) is 10.2. The number of rotatable bonds is 4. The van der Waals surface area contributed by atoms with Crippen molar-refractivity contribution in [3.63, 3.8) is 0 Å². The molecule has 0 spiro atoms. The van der Waals surface area contributed by atoms with Crippen LogP contribution in [0.4, 0.5) is 0 Å². The van der Waals surface area contributed by atoms with Gasteiger partial charge in [-0.1, -0.05) is 12.1 Å². The van der Waals surface area contributed by atoms with Crippen LogP contribution < -0.4 is 15.0 Å². The molecule has 32 heavy (non-hydrogen) atoms. The highest BCUT2D eigenvalue weighted by Crippen LogP contribution is 2.36. The van der Waals surface area contributed by atoms with E-state index in [2.05, 4.69) is 20.9 Å². The van der Waals surface area contributed by atoms with E-state index in [0.29, 0.717) is 27.2 Å². The van der Waals surface area contributed by atoms with E-state index in [4.69, 9.17) is 14.5 Å². The highest BCUT2D eigenvalue weighted by atomic mass is 79.9. The number of halogens is 1. The van der Waals surface area contributed by atoms with E-state index in [1.54, 1.807) is 47.7 Å². The lowest BCUT2D eigenvalue weighted by Crippen LogP contribution is -2.11. The number of ether oxygens (including phenoxy) is 2. The number of benzene rings is 2. The third kappa shape index (κ3) is 3.73. The van der Waals surface area contributed by atoms with Crippen LogP contribution in [0.5, 0.6) is 11.5 Å². The predicted molar refractivity (Wildman–Crippen MR) is 128 cm³/mol. The van der Waals surface area contributed by atoms with E-state index >= 15 is 0 Å². The summed E-state index contributed by atoms with van der Waals surface area (Å²) < 4.78 is 11.7. The van der Waals surface area contributed by atoms with Crippen LogP contribution in [0.15, 0.2) is 51.7 Å². The van der Waals surface area contributed by atoms with E-state index in [-0.39, 0.29) is 11.3 Å². The van der Waals surface area contributed by atoms with Crippen LogP contribution in [-0.4, -0.2) is 23.0 Å². The van der Waals surface area contributed by atoms with Gasteiger partial charge in [0.1, 0.15) is 10.7 Å². The second-order valence-electron chi connectivity index (χ2n) is 7.54. The van der Waals surface area contributed by atoms with Crippen LogP contribution in [0, 0.1) is 0 Å². The van der Waals surface area contributed by atoms with Gasteiger partial charge in [-0.2, -0.15) is 0 Å². The maximum atomic E-state index is 12.9. The van der Waals surface area contributed by atoms with Crippen molar-refractivity contribution in [3.05, 3.63) is 73.3 Å². The molecule has 0 unspecified atom stereocenters. The fourth-order valence-corrected chi connectivity index (χ4v) is 5.69. The Bertz CT molecular complexity index is 1410. The molecule has 4 aromatic rings. The third-order valence-corrected chi connectivity index (χ3v) is 7.44. The average molecular weight is 511 g/mol. The van der Waals surface area contributed by atoms with Gasteiger partial charge in [0, 0.05) is 14.9 Å². The van der Waals surface area contributed by atoms with Crippen LogP contribution in [0.3, 0.4) is 0 Å². The number of hydrogen-bond donors (Lipinski definition) is 1. The Morgan fingerprint density at radius 3 is 2.75 bits per heavy atom. The summed E-state index contributed by atoms with van der Waals surface area (Å²) in [5.74, 6) is 0.617. The Labute approximate surface area is 196 Å². The van der Waals surface area contributed by atoms with Crippen molar-refractivity contribution in [2.24, 2.45) is 0 Å². The van der Waals surface area contributed by atoms with Gasteiger partial charge in [-0.25, -0.2) is 9.78 Å². The van der Waals surface area contributed by atoms with Gasteiger partial charge in [-0.05, 0) is 77.5 Å². The van der Waals surface area contributed by atoms with Gasteiger partial charge >= 0.3 is 5.97 Å². The number of hydrogen-bond acceptors (Lipinski definition) is 6. The van der Waals surface area contributed by atoms with Crippen LogP contribution in [0.25, 0.3) is 21.6 Å². The van der Waals surface area contributed by atoms with Crippen LogP contribution >= 0.6 is 27.3 Å². The number of nitrogens with zero attached hydrogens (tertiary/aromatic N) is 1. The molecule has 0 aliphatic heterocycles. The predicted octanol–water partition coefficient (Wildman–Crippen LogP) is 5.52. The number of fused-ring (bicyclic) bond motifs is 3. The van der Waals surface area contributed by atoms with Gasteiger partial charge in [-0.15, -0.1) is 11.3 Å². The standard InChI is InChI=1S/C24H19BrN2O4S/c1-30-18-12-13(10-11-17(18)31-24(29)14-6-2-4-8-16(14)25)21-26-22(28)20-15-7-3-5-9-19(15)32-23(20)27-21/h2,4,6,8,10-12H,3,5,7,9H2,1H3,(H,26,27,28). The van der Waals surface area contributed by atoms with Crippen LogP contribution in [-0.2, 0) is 12.8 Å². The number of H-pyrrole nitrogens is 1. The molecule has 0 saturated heterocycles. The lowest BCUT2D eigenvalue weighted by molar-refractivity contribution is 0.0729. The Morgan fingerprint density at radius 2 is 1.94 bits per heavy atom. The molecule has 1 aliphatic rings. The lowest BCUT2D eigenvalue weighted by atomic mass is 9.97. The fraction of sp³-hybridized carbons (Fsp3) is 0.208. The second-order valence-corrected chi connectivity index (χ2v) is 9.48. The van der Waals surface area contributed by atoms with Crippen molar-refractivity contribution in [1.82, 2.24) is 9.97 Å². The smallest absolute Gasteiger partial charge is 0.344 e. The molecule has 0 atom stereocenters. The summed E-state index contributed by atoms with van der Waals surface area (Å²) in [6.07, 6.45) is 4.21. The fourth-order valence-electron chi connectivity index (χ4n) is 3.98. The van der Waals surface area contributed by atoms with Gasteiger partial charge in [0.2, 0.25) is 0 Å². The zero-order valence-electron chi connectivity index (χ0n) is 17.2. The largest absolute Gasteiger partial charge is 0.493 e. The second kappa shape index (κ2) is 8.52. The molecule has 0 radical (unpaired) electrons. The molecule has 2 aromatic heterocycles. The number of thiophene rings is 1. The number of esters is 1. The van der Waals surface area contributed by atoms with E-state index in [1.165, 1.54) is 12.0 Å². The van der Waals surface area contributed by atoms with Gasteiger partial charge in [0.25, 0.3) is 5.56 Å². The Kier molecular flexibility index (Phi) is 5.57. The molecule has 2 heterocycles. The molecule has 0 saturated carbocycles.